The van der Waals surface area contributed by atoms with Crippen molar-refractivity contribution in [2.75, 3.05) is 38.1 Å². The van der Waals surface area contributed by atoms with Crippen molar-refractivity contribution in [1.29, 1.82) is 5.26 Å². The number of rotatable bonds is 3. The van der Waals surface area contributed by atoms with Crippen LogP contribution >= 0.6 is 23.4 Å². The highest BCUT2D eigenvalue weighted by molar-refractivity contribution is 7.99. The van der Waals surface area contributed by atoms with Crippen molar-refractivity contribution < 1.29 is 0 Å². The third-order valence-corrected chi connectivity index (χ3v) is 5.12. The van der Waals surface area contributed by atoms with E-state index in [2.05, 4.69) is 32.9 Å². The molecule has 1 aliphatic rings. The number of halogens is 1. The quantitative estimate of drug-likeness (QED) is 0.797. The van der Waals surface area contributed by atoms with E-state index in [0.29, 0.717) is 16.7 Å². The van der Waals surface area contributed by atoms with E-state index in [-0.39, 0.29) is 0 Å². The molecule has 0 radical (unpaired) electrons. The van der Waals surface area contributed by atoms with Gasteiger partial charge in [-0.15, -0.1) is 0 Å². The minimum atomic E-state index is 0.461. The van der Waals surface area contributed by atoms with Crippen LogP contribution in [0.2, 0.25) is 5.15 Å². The summed E-state index contributed by atoms with van der Waals surface area (Å²) in [4.78, 5) is 15.2. The Hall–Kier alpha value is -1.81. The predicted octanol–water partition coefficient (Wildman–Crippen LogP) is 2.90. The first-order valence-electron chi connectivity index (χ1n) is 7.30. The van der Waals surface area contributed by atoms with Crippen LogP contribution in [0, 0.1) is 11.3 Å². The third kappa shape index (κ3) is 3.94. The number of anilines is 1. The monoisotopic (exact) mass is 345 g/mol. The fourth-order valence-corrected chi connectivity index (χ4v) is 3.29. The third-order valence-electron chi connectivity index (χ3n) is 3.70. The van der Waals surface area contributed by atoms with E-state index in [9.17, 15) is 0 Å². The molecule has 7 heteroatoms. The first kappa shape index (κ1) is 16.1. The number of aromatic nitrogens is 2. The topological polar surface area (TPSA) is 56.0 Å². The molecule has 0 N–H and O–H groups in total. The minimum Gasteiger partial charge on any atom is -0.338 e. The summed E-state index contributed by atoms with van der Waals surface area (Å²) in [5.74, 6) is 0.687. The van der Waals surface area contributed by atoms with Gasteiger partial charge in [-0.2, -0.15) is 10.2 Å². The van der Waals surface area contributed by atoms with Crippen molar-refractivity contribution in [3.05, 3.63) is 41.2 Å². The number of benzene rings is 1. The van der Waals surface area contributed by atoms with Crippen LogP contribution in [0.1, 0.15) is 5.56 Å². The summed E-state index contributed by atoms with van der Waals surface area (Å²) in [7, 11) is 2.11. The zero-order chi connectivity index (χ0) is 16.2. The Bertz CT molecular complexity index is 720. The second-order valence-electron chi connectivity index (χ2n) is 5.35. The van der Waals surface area contributed by atoms with Crippen molar-refractivity contribution in [2.45, 2.75) is 9.79 Å². The summed E-state index contributed by atoms with van der Waals surface area (Å²) >= 11 is 7.82. The van der Waals surface area contributed by atoms with E-state index >= 15 is 0 Å². The summed E-state index contributed by atoms with van der Waals surface area (Å²) < 4.78 is 0. The van der Waals surface area contributed by atoms with Crippen LogP contribution < -0.4 is 4.90 Å². The number of nitriles is 1. The zero-order valence-corrected chi connectivity index (χ0v) is 14.3. The first-order chi connectivity index (χ1) is 11.2. The van der Waals surface area contributed by atoms with E-state index in [1.54, 1.807) is 18.3 Å². The number of nitrogens with zero attached hydrogens (tertiary/aromatic N) is 5. The maximum absolute atomic E-state index is 8.83. The van der Waals surface area contributed by atoms with Crippen molar-refractivity contribution >= 4 is 29.3 Å². The molecule has 0 atom stereocenters. The average molecular weight is 346 g/mol. The second kappa shape index (κ2) is 7.18. The second-order valence-corrected chi connectivity index (χ2v) is 6.83. The summed E-state index contributed by atoms with van der Waals surface area (Å²) in [6, 6.07) is 9.48. The molecule has 0 spiro atoms. The van der Waals surface area contributed by atoms with Gasteiger partial charge in [0.15, 0.2) is 0 Å². The van der Waals surface area contributed by atoms with Gasteiger partial charge in [-0.25, -0.2) is 4.98 Å². The molecule has 1 aromatic carbocycles. The van der Waals surface area contributed by atoms with Crippen LogP contribution in [0.3, 0.4) is 0 Å². The molecule has 118 valence electrons. The molecule has 1 saturated heterocycles. The first-order valence-corrected chi connectivity index (χ1v) is 8.49. The molecular formula is C16H16ClN5S. The Kier molecular flexibility index (Phi) is 5.01. The van der Waals surface area contributed by atoms with Crippen molar-refractivity contribution in [2.24, 2.45) is 0 Å². The summed E-state index contributed by atoms with van der Waals surface area (Å²) in [5, 5.41) is 9.29. The highest BCUT2D eigenvalue weighted by atomic mass is 35.5. The van der Waals surface area contributed by atoms with Crippen LogP contribution in [0.15, 0.2) is 40.3 Å². The fourth-order valence-electron chi connectivity index (χ4n) is 2.29. The average Bonchev–Trinajstić information content (AvgIpc) is 2.58. The van der Waals surface area contributed by atoms with Crippen LogP contribution in [0.4, 0.5) is 5.95 Å². The highest BCUT2D eigenvalue weighted by Crippen LogP contribution is 2.32. The maximum atomic E-state index is 8.83. The lowest BCUT2D eigenvalue weighted by Gasteiger charge is -2.32. The maximum Gasteiger partial charge on any atom is 0.226 e. The zero-order valence-electron chi connectivity index (χ0n) is 12.7. The molecule has 0 amide bonds. The largest absolute Gasteiger partial charge is 0.338 e. The Labute approximate surface area is 144 Å². The Morgan fingerprint density at radius 3 is 2.48 bits per heavy atom. The SMILES string of the molecule is CN1CCN(c2ncc(Sc3ccc(C#N)cc3)c(Cl)n2)CC1. The lowest BCUT2D eigenvalue weighted by molar-refractivity contribution is 0.311. The number of hydrogen-bond acceptors (Lipinski definition) is 6. The number of likely N-dealkylation sites (N-methyl/N-ethyl adjacent to an activating group) is 1. The van der Waals surface area contributed by atoms with Gasteiger partial charge in [0.1, 0.15) is 5.15 Å². The minimum absolute atomic E-state index is 0.461. The van der Waals surface area contributed by atoms with E-state index in [4.69, 9.17) is 16.9 Å². The van der Waals surface area contributed by atoms with Gasteiger partial charge < -0.3 is 9.80 Å². The molecule has 1 fully saturated rings. The van der Waals surface area contributed by atoms with Gasteiger partial charge in [0.2, 0.25) is 5.95 Å². The standard InChI is InChI=1S/C16H16ClN5S/c1-21-6-8-22(9-7-21)16-19-11-14(15(17)20-16)23-13-4-2-12(10-18)3-5-13/h2-5,11H,6-9H2,1H3. The van der Waals surface area contributed by atoms with Crippen LogP contribution in [-0.4, -0.2) is 48.1 Å². The summed E-state index contributed by atoms with van der Waals surface area (Å²) in [6.07, 6.45) is 1.77. The normalized spacial score (nSPS) is 15.4. The molecule has 0 unspecified atom stereocenters. The molecule has 23 heavy (non-hydrogen) atoms. The van der Waals surface area contributed by atoms with Gasteiger partial charge in [0.25, 0.3) is 0 Å². The predicted molar refractivity (Wildman–Crippen MR) is 92.0 cm³/mol. The van der Waals surface area contributed by atoms with Gasteiger partial charge in [-0.05, 0) is 31.3 Å². The molecule has 2 heterocycles. The Balaban J connectivity index is 1.72. The van der Waals surface area contributed by atoms with Gasteiger partial charge >= 0.3 is 0 Å². The molecular weight excluding hydrogens is 330 g/mol. The van der Waals surface area contributed by atoms with E-state index in [1.165, 1.54) is 11.8 Å². The summed E-state index contributed by atoms with van der Waals surface area (Å²) in [5.41, 5.74) is 0.641. The molecule has 1 aliphatic heterocycles. The Morgan fingerprint density at radius 1 is 1.17 bits per heavy atom. The fraction of sp³-hybridized carbons (Fsp3) is 0.312. The molecule has 0 bridgehead atoms. The molecule has 0 saturated carbocycles. The molecule has 2 aromatic rings. The molecule has 3 rings (SSSR count). The van der Waals surface area contributed by atoms with Crippen LogP contribution in [0.25, 0.3) is 0 Å². The van der Waals surface area contributed by atoms with Crippen molar-refractivity contribution in [3.63, 3.8) is 0 Å². The van der Waals surface area contributed by atoms with E-state index < -0.39 is 0 Å². The van der Waals surface area contributed by atoms with Gasteiger partial charge in [-0.1, -0.05) is 23.4 Å². The van der Waals surface area contributed by atoms with Gasteiger partial charge in [-0.3, -0.25) is 0 Å². The Morgan fingerprint density at radius 2 is 1.87 bits per heavy atom. The van der Waals surface area contributed by atoms with E-state index in [0.717, 1.165) is 36.0 Å². The van der Waals surface area contributed by atoms with Gasteiger partial charge in [0.05, 0.1) is 16.5 Å². The summed E-state index contributed by atoms with van der Waals surface area (Å²) in [6.45, 7) is 3.83. The van der Waals surface area contributed by atoms with Gasteiger partial charge in [0, 0.05) is 37.3 Å². The van der Waals surface area contributed by atoms with Crippen molar-refractivity contribution in [1.82, 2.24) is 14.9 Å². The lowest BCUT2D eigenvalue weighted by Crippen LogP contribution is -2.45. The lowest BCUT2D eigenvalue weighted by atomic mass is 10.2. The van der Waals surface area contributed by atoms with Crippen LogP contribution in [-0.2, 0) is 0 Å². The number of piperazine rings is 1. The molecule has 0 aliphatic carbocycles. The van der Waals surface area contributed by atoms with Crippen LogP contribution in [0.5, 0.6) is 0 Å². The van der Waals surface area contributed by atoms with E-state index in [1.807, 2.05) is 12.1 Å². The molecule has 1 aromatic heterocycles. The van der Waals surface area contributed by atoms with Crippen molar-refractivity contribution in [3.8, 4) is 6.07 Å². The highest BCUT2D eigenvalue weighted by Gasteiger charge is 2.17. The number of hydrogen-bond donors (Lipinski definition) is 0. The molecule has 5 nitrogen and oxygen atoms in total. The smallest absolute Gasteiger partial charge is 0.226 e.